The molecular formula is C18H21N3O4S. The number of hydrogen-bond acceptors (Lipinski definition) is 7. The van der Waals surface area contributed by atoms with Gasteiger partial charge in [-0.3, -0.25) is 9.59 Å². The van der Waals surface area contributed by atoms with Crippen molar-refractivity contribution in [2.75, 3.05) is 5.32 Å². The molecule has 1 amide bonds. The van der Waals surface area contributed by atoms with Gasteiger partial charge in [-0.15, -0.1) is 5.10 Å². The molecule has 1 heterocycles. The molecular weight excluding hydrogens is 354 g/mol. The minimum atomic E-state index is -0.939. The molecule has 1 atom stereocenters. The molecule has 1 aromatic heterocycles. The van der Waals surface area contributed by atoms with Crippen LogP contribution in [0.3, 0.4) is 0 Å². The van der Waals surface area contributed by atoms with E-state index in [0.29, 0.717) is 28.2 Å². The zero-order valence-electron chi connectivity index (χ0n) is 15.1. The first-order valence-corrected chi connectivity index (χ1v) is 9.08. The van der Waals surface area contributed by atoms with Crippen molar-refractivity contribution in [1.82, 2.24) is 9.59 Å². The van der Waals surface area contributed by atoms with E-state index in [1.807, 2.05) is 6.92 Å². The lowest BCUT2D eigenvalue weighted by atomic mass is 10.1. The Morgan fingerprint density at radius 2 is 1.81 bits per heavy atom. The maximum atomic E-state index is 12.5. The highest BCUT2D eigenvalue weighted by molar-refractivity contribution is 7.07. The van der Waals surface area contributed by atoms with Gasteiger partial charge in [-0.2, -0.15) is 0 Å². The molecule has 1 N–H and O–H groups in total. The first-order valence-electron chi connectivity index (χ1n) is 8.30. The van der Waals surface area contributed by atoms with Gasteiger partial charge in [-0.05, 0) is 49.1 Å². The number of ether oxygens (including phenoxy) is 1. The van der Waals surface area contributed by atoms with Crippen LogP contribution in [0.4, 0.5) is 5.69 Å². The molecule has 26 heavy (non-hydrogen) atoms. The van der Waals surface area contributed by atoms with Crippen LogP contribution in [0, 0.1) is 5.92 Å². The first-order chi connectivity index (χ1) is 12.3. The number of hydrogen-bond donors (Lipinski definition) is 1. The van der Waals surface area contributed by atoms with Gasteiger partial charge in [0.1, 0.15) is 0 Å². The third-order valence-electron chi connectivity index (χ3n) is 3.69. The van der Waals surface area contributed by atoms with Crippen LogP contribution in [0.5, 0.6) is 0 Å². The number of aryl methyl sites for hydroxylation is 1. The fraction of sp³-hybridized carbons (Fsp3) is 0.389. The number of Topliss-reactive ketones (excluding diaryl/α,β-unsaturated/α-hetero) is 1. The Morgan fingerprint density at radius 1 is 1.15 bits per heavy atom. The van der Waals surface area contributed by atoms with Crippen molar-refractivity contribution in [2.24, 2.45) is 5.92 Å². The number of anilines is 1. The van der Waals surface area contributed by atoms with Crippen molar-refractivity contribution < 1.29 is 19.1 Å². The smallest absolute Gasteiger partial charge is 0.352 e. The number of carbonyl (C=O) groups is 3. The van der Waals surface area contributed by atoms with Gasteiger partial charge in [0.25, 0.3) is 0 Å². The average molecular weight is 375 g/mol. The van der Waals surface area contributed by atoms with Gasteiger partial charge in [0, 0.05) is 17.2 Å². The highest BCUT2D eigenvalue weighted by Crippen LogP contribution is 2.17. The Morgan fingerprint density at radius 3 is 2.38 bits per heavy atom. The predicted molar refractivity (Wildman–Crippen MR) is 98.4 cm³/mol. The average Bonchev–Trinajstić information content (AvgIpc) is 3.10. The number of nitrogens with one attached hydrogen (secondary N) is 1. The molecule has 0 aliphatic carbocycles. The Bertz CT molecular complexity index is 799. The molecule has 138 valence electrons. The number of amides is 1. The molecule has 0 saturated carbocycles. The highest BCUT2D eigenvalue weighted by atomic mass is 32.1. The van der Waals surface area contributed by atoms with Crippen molar-refractivity contribution in [2.45, 2.75) is 40.2 Å². The molecule has 0 aliphatic rings. The van der Waals surface area contributed by atoms with Crippen molar-refractivity contribution in [3.05, 3.63) is 40.4 Å². The molecule has 2 aromatic rings. The van der Waals surface area contributed by atoms with Gasteiger partial charge in [-0.25, -0.2) is 4.79 Å². The molecule has 2 rings (SSSR count). The van der Waals surface area contributed by atoms with Crippen LogP contribution in [0.1, 0.15) is 53.4 Å². The molecule has 0 fully saturated rings. The summed E-state index contributed by atoms with van der Waals surface area (Å²) in [5.74, 6) is -1.16. The van der Waals surface area contributed by atoms with E-state index in [2.05, 4.69) is 14.9 Å². The van der Waals surface area contributed by atoms with Gasteiger partial charge in [-0.1, -0.05) is 25.3 Å². The zero-order valence-corrected chi connectivity index (χ0v) is 15.9. The third kappa shape index (κ3) is 4.72. The second-order valence-corrected chi connectivity index (χ2v) is 6.79. The topological polar surface area (TPSA) is 98.2 Å². The SMILES string of the molecule is CCc1nnsc1C(=O)O[C@H](C)C(=O)c1ccc(NC(=O)C(C)C)cc1. The number of benzene rings is 1. The van der Waals surface area contributed by atoms with E-state index in [-0.39, 0.29) is 17.6 Å². The van der Waals surface area contributed by atoms with Gasteiger partial charge >= 0.3 is 5.97 Å². The Hall–Kier alpha value is -2.61. The van der Waals surface area contributed by atoms with E-state index < -0.39 is 12.1 Å². The number of aromatic nitrogens is 2. The standard InChI is InChI=1S/C18H21N3O4S/c1-5-14-16(26-21-20-14)18(24)25-11(4)15(22)12-6-8-13(9-7-12)19-17(23)10(2)3/h6-11H,5H2,1-4H3,(H,19,23)/t11-/m1/s1. The Balaban J connectivity index is 2.01. The number of carbonyl (C=O) groups excluding carboxylic acids is 3. The number of nitrogens with zero attached hydrogens (tertiary/aromatic N) is 2. The fourth-order valence-electron chi connectivity index (χ4n) is 2.10. The predicted octanol–water partition coefficient (Wildman–Crippen LogP) is 3.12. The third-order valence-corrected chi connectivity index (χ3v) is 4.44. The maximum absolute atomic E-state index is 12.5. The maximum Gasteiger partial charge on any atom is 0.352 e. The minimum Gasteiger partial charge on any atom is -0.450 e. The molecule has 1 aromatic carbocycles. The first kappa shape index (κ1) is 19.7. The number of esters is 1. The van der Waals surface area contributed by atoms with Crippen LogP contribution in [0.25, 0.3) is 0 Å². The van der Waals surface area contributed by atoms with Gasteiger partial charge in [0.15, 0.2) is 11.0 Å². The van der Waals surface area contributed by atoms with E-state index in [1.54, 1.807) is 38.1 Å². The Labute approximate surface area is 155 Å². The van der Waals surface area contributed by atoms with Crippen LogP contribution in [0.2, 0.25) is 0 Å². The van der Waals surface area contributed by atoms with Gasteiger partial charge in [0.05, 0.1) is 5.69 Å². The largest absolute Gasteiger partial charge is 0.450 e. The molecule has 0 aliphatic heterocycles. The van der Waals surface area contributed by atoms with Crippen LogP contribution in [-0.4, -0.2) is 33.4 Å². The molecule has 0 radical (unpaired) electrons. The highest BCUT2D eigenvalue weighted by Gasteiger charge is 2.23. The van der Waals surface area contributed by atoms with Gasteiger partial charge in [0.2, 0.25) is 11.7 Å². The second-order valence-electron chi connectivity index (χ2n) is 6.04. The van der Waals surface area contributed by atoms with E-state index in [1.165, 1.54) is 6.92 Å². The van der Waals surface area contributed by atoms with Crippen molar-refractivity contribution in [3.8, 4) is 0 Å². The van der Waals surface area contributed by atoms with Crippen LogP contribution < -0.4 is 5.32 Å². The summed E-state index contributed by atoms with van der Waals surface area (Å²) < 4.78 is 8.99. The lowest BCUT2D eigenvalue weighted by molar-refractivity contribution is -0.118. The minimum absolute atomic E-state index is 0.101. The van der Waals surface area contributed by atoms with Crippen molar-refractivity contribution in [3.63, 3.8) is 0 Å². The van der Waals surface area contributed by atoms with E-state index in [4.69, 9.17) is 4.74 Å². The van der Waals surface area contributed by atoms with E-state index in [9.17, 15) is 14.4 Å². The van der Waals surface area contributed by atoms with Crippen molar-refractivity contribution in [1.29, 1.82) is 0 Å². The molecule has 0 saturated heterocycles. The summed E-state index contributed by atoms with van der Waals surface area (Å²) in [7, 11) is 0. The van der Waals surface area contributed by atoms with Crippen LogP contribution in [-0.2, 0) is 16.0 Å². The zero-order chi connectivity index (χ0) is 19.3. The van der Waals surface area contributed by atoms with Crippen molar-refractivity contribution >= 4 is 34.9 Å². The summed E-state index contributed by atoms with van der Waals surface area (Å²) in [6, 6.07) is 6.47. The van der Waals surface area contributed by atoms with E-state index >= 15 is 0 Å². The molecule has 0 spiro atoms. The molecule has 8 heteroatoms. The van der Waals surface area contributed by atoms with Crippen LogP contribution >= 0.6 is 11.5 Å². The lowest BCUT2D eigenvalue weighted by Crippen LogP contribution is -2.24. The summed E-state index contributed by atoms with van der Waals surface area (Å²) in [6.45, 7) is 6.98. The molecule has 0 bridgehead atoms. The normalized spacial score (nSPS) is 11.9. The summed E-state index contributed by atoms with van der Waals surface area (Å²) in [6.07, 6.45) is -0.377. The van der Waals surface area contributed by atoms with Crippen LogP contribution in [0.15, 0.2) is 24.3 Å². The molecule has 7 nitrogen and oxygen atoms in total. The van der Waals surface area contributed by atoms with Gasteiger partial charge < -0.3 is 10.1 Å². The monoisotopic (exact) mass is 375 g/mol. The quantitative estimate of drug-likeness (QED) is 0.590. The Kier molecular flexibility index (Phi) is 6.57. The summed E-state index contributed by atoms with van der Waals surface area (Å²) in [5.41, 5.74) is 1.56. The fourth-order valence-corrected chi connectivity index (χ4v) is 2.74. The van der Waals surface area contributed by atoms with E-state index in [0.717, 1.165) is 11.5 Å². The second kappa shape index (κ2) is 8.66. The summed E-state index contributed by atoms with van der Waals surface area (Å²) in [5, 5.41) is 6.61. The molecule has 0 unspecified atom stereocenters. The number of rotatable bonds is 7. The number of ketones is 1. The lowest BCUT2D eigenvalue weighted by Gasteiger charge is -2.12. The summed E-state index contributed by atoms with van der Waals surface area (Å²) in [4.78, 5) is 36.6. The summed E-state index contributed by atoms with van der Waals surface area (Å²) >= 11 is 0.954.